The lowest BCUT2D eigenvalue weighted by atomic mass is 10.1. The Morgan fingerprint density at radius 1 is 0.556 bits per heavy atom. The van der Waals surface area contributed by atoms with Crippen molar-refractivity contribution in [2.75, 3.05) is 20.4 Å². The van der Waals surface area contributed by atoms with Gasteiger partial charge in [0.2, 0.25) is 0 Å². The van der Waals surface area contributed by atoms with Crippen LogP contribution >= 0.6 is 0 Å². The molecule has 0 aliphatic carbocycles. The largest absolute Gasteiger partial charge is 0.467 e. The van der Waals surface area contributed by atoms with Gasteiger partial charge in [-0.2, -0.15) is 21.0 Å². The van der Waals surface area contributed by atoms with Crippen molar-refractivity contribution in [3.05, 3.63) is 58.7 Å². The van der Waals surface area contributed by atoms with E-state index in [4.69, 9.17) is 40.0 Å². The van der Waals surface area contributed by atoms with E-state index in [2.05, 4.69) is 0 Å². The smallest absolute Gasteiger partial charge is 0.191 e. The Bertz CT molecular complexity index is 898. The highest BCUT2D eigenvalue weighted by atomic mass is 16.8. The topological polar surface area (TPSA) is 132 Å². The van der Waals surface area contributed by atoms with Gasteiger partial charge in [-0.3, -0.25) is 0 Å². The van der Waals surface area contributed by atoms with Gasteiger partial charge in [-0.05, 0) is 36.4 Å². The fraction of sp³-hybridized carbons (Fsp3) is 0.158. The number of benzene rings is 2. The number of nitriles is 4. The number of hydrogen-bond acceptors (Lipinski definition) is 8. The van der Waals surface area contributed by atoms with E-state index < -0.39 is 0 Å². The van der Waals surface area contributed by atoms with Crippen LogP contribution in [0.1, 0.15) is 22.3 Å². The first-order valence-corrected chi connectivity index (χ1v) is 7.51. The predicted octanol–water partition coefficient (Wildman–Crippen LogP) is 2.54. The summed E-state index contributed by atoms with van der Waals surface area (Å²) < 4.78 is 20.8. The molecule has 2 rings (SSSR count). The van der Waals surface area contributed by atoms with E-state index in [1.807, 2.05) is 24.3 Å². The Labute approximate surface area is 155 Å². The minimum Gasteiger partial charge on any atom is -0.467 e. The van der Waals surface area contributed by atoms with Crippen LogP contribution in [-0.2, 0) is 9.47 Å². The van der Waals surface area contributed by atoms with Gasteiger partial charge in [-0.15, -0.1) is 0 Å². The van der Waals surface area contributed by atoms with Crippen LogP contribution in [0.25, 0.3) is 0 Å². The third-order valence-electron chi connectivity index (χ3n) is 3.25. The molecule has 0 N–H and O–H groups in total. The van der Waals surface area contributed by atoms with Crippen molar-refractivity contribution in [3.63, 3.8) is 0 Å². The molecule has 2 aromatic carbocycles. The van der Waals surface area contributed by atoms with Crippen LogP contribution in [0, 0.1) is 45.3 Å². The zero-order valence-corrected chi connectivity index (χ0v) is 14.0. The lowest BCUT2D eigenvalue weighted by Gasteiger charge is -2.10. The number of ether oxygens (including phenoxy) is 4. The van der Waals surface area contributed by atoms with Crippen molar-refractivity contribution < 1.29 is 18.9 Å². The lowest BCUT2D eigenvalue weighted by molar-refractivity contribution is -0.130. The van der Waals surface area contributed by atoms with Gasteiger partial charge in [-0.1, -0.05) is 0 Å². The Balaban J connectivity index is 1.69. The summed E-state index contributed by atoms with van der Waals surface area (Å²) in [6.45, 7) is -0.346. The van der Waals surface area contributed by atoms with Crippen LogP contribution in [-0.4, -0.2) is 20.4 Å². The fourth-order valence-corrected chi connectivity index (χ4v) is 1.95. The molecule has 8 nitrogen and oxygen atoms in total. The molecular formula is C19H12N4O4. The molecule has 0 aliphatic rings. The third-order valence-corrected chi connectivity index (χ3v) is 3.25. The molecule has 8 heteroatoms. The summed E-state index contributed by atoms with van der Waals surface area (Å²) in [5.74, 6) is 0.784. The number of rotatable bonds is 8. The van der Waals surface area contributed by atoms with E-state index in [0.29, 0.717) is 11.5 Å². The molecule has 0 bridgehead atoms. The quantitative estimate of drug-likeness (QED) is 0.518. The summed E-state index contributed by atoms with van der Waals surface area (Å²) >= 11 is 0. The maximum atomic E-state index is 8.94. The van der Waals surface area contributed by atoms with E-state index in [0.717, 1.165) is 0 Å². The lowest BCUT2D eigenvalue weighted by Crippen LogP contribution is -2.10. The van der Waals surface area contributed by atoms with Gasteiger partial charge in [0.25, 0.3) is 0 Å². The van der Waals surface area contributed by atoms with E-state index in [9.17, 15) is 0 Å². The van der Waals surface area contributed by atoms with Crippen LogP contribution < -0.4 is 9.47 Å². The highest BCUT2D eigenvalue weighted by molar-refractivity contribution is 5.49. The first kappa shape index (κ1) is 19.2. The van der Waals surface area contributed by atoms with Gasteiger partial charge >= 0.3 is 0 Å². The molecule has 0 fully saturated rings. The maximum Gasteiger partial charge on any atom is 0.191 e. The molecule has 2 aromatic rings. The first-order valence-electron chi connectivity index (χ1n) is 7.51. The Morgan fingerprint density at radius 2 is 0.963 bits per heavy atom. The molecule has 0 unspecified atom stereocenters. The standard InChI is InChI=1S/C19H12N4O4/c20-7-14-1-3-18(5-16(14)9-22)26-12-24-11-25-13-27-19-4-2-15(8-21)17(6-19)10-23/h1-6H,11-13H2. The van der Waals surface area contributed by atoms with Crippen molar-refractivity contribution in [1.82, 2.24) is 0 Å². The highest BCUT2D eigenvalue weighted by Gasteiger charge is 2.05. The number of nitrogens with zero attached hydrogens (tertiary/aromatic N) is 4. The third kappa shape index (κ3) is 5.46. The van der Waals surface area contributed by atoms with Gasteiger partial charge < -0.3 is 18.9 Å². The van der Waals surface area contributed by atoms with Crippen molar-refractivity contribution >= 4 is 0 Å². The fourth-order valence-electron chi connectivity index (χ4n) is 1.95. The summed E-state index contributed by atoms with van der Waals surface area (Å²) in [7, 11) is 0. The van der Waals surface area contributed by atoms with Crippen molar-refractivity contribution in [2.24, 2.45) is 0 Å². The molecule has 0 saturated carbocycles. The van der Waals surface area contributed by atoms with E-state index in [1.54, 1.807) is 12.1 Å². The van der Waals surface area contributed by atoms with Crippen LogP contribution in [0.15, 0.2) is 36.4 Å². The summed E-state index contributed by atoms with van der Waals surface area (Å²) in [5, 5.41) is 35.6. The van der Waals surface area contributed by atoms with E-state index >= 15 is 0 Å². The van der Waals surface area contributed by atoms with E-state index in [-0.39, 0.29) is 42.6 Å². The van der Waals surface area contributed by atoms with Crippen LogP contribution in [0.5, 0.6) is 11.5 Å². The molecule has 0 aliphatic heterocycles. The Hall–Kier alpha value is -4.08. The highest BCUT2D eigenvalue weighted by Crippen LogP contribution is 2.17. The number of hydrogen-bond donors (Lipinski definition) is 0. The van der Waals surface area contributed by atoms with Crippen molar-refractivity contribution in [3.8, 4) is 35.8 Å². The molecule has 0 spiro atoms. The second-order valence-corrected chi connectivity index (χ2v) is 4.91. The summed E-state index contributed by atoms with van der Waals surface area (Å²) in [5.41, 5.74) is 0.986. The molecule has 0 amide bonds. The molecule has 0 atom stereocenters. The molecule has 132 valence electrons. The zero-order chi connectivity index (χ0) is 19.5. The van der Waals surface area contributed by atoms with E-state index in [1.165, 1.54) is 24.3 Å². The van der Waals surface area contributed by atoms with Gasteiger partial charge in [-0.25, -0.2) is 0 Å². The molecular weight excluding hydrogens is 348 g/mol. The Kier molecular flexibility index (Phi) is 7.15. The second-order valence-electron chi connectivity index (χ2n) is 4.91. The van der Waals surface area contributed by atoms with Crippen molar-refractivity contribution in [1.29, 1.82) is 21.0 Å². The molecule has 0 saturated heterocycles. The van der Waals surface area contributed by atoms with Crippen LogP contribution in [0.4, 0.5) is 0 Å². The monoisotopic (exact) mass is 360 g/mol. The summed E-state index contributed by atoms with van der Waals surface area (Å²) in [4.78, 5) is 0. The minimum atomic E-state index is -0.119. The van der Waals surface area contributed by atoms with Crippen molar-refractivity contribution in [2.45, 2.75) is 0 Å². The van der Waals surface area contributed by atoms with Crippen LogP contribution in [0.2, 0.25) is 0 Å². The summed E-state index contributed by atoms with van der Waals surface area (Å²) in [6, 6.07) is 16.7. The second kappa shape index (κ2) is 10.0. The summed E-state index contributed by atoms with van der Waals surface area (Å²) in [6.07, 6.45) is 0. The average molecular weight is 360 g/mol. The first-order chi connectivity index (χ1) is 13.2. The zero-order valence-electron chi connectivity index (χ0n) is 14.0. The van der Waals surface area contributed by atoms with Gasteiger partial charge in [0.05, 0.1) is 22.3 Å². The molecule has 0 aromatic heterocycles. The van der Waals surface area contributed by atoms with Gasteiger partial charge in [0.15, 0.2) is 20.4 Å². The molecule has 27 heavy (non-hydrogen) atoms. The normalized spacial score (nSPS) is 9.33. The minimum absolute atomic E-state index is 0.108. The predicted molar refractivity (Wildman–Crippen MR) is 89.8 cm³/mol. The van der Waals surface area contributed by atoms with Gasteiger partial charge in [0, 0.05) is 0 Å². The molecule has 0 heterocycles. The Morgan fingerprint density at radius 3 is 1.33 bits per heavy atom. The van der Waals surface area contributed by atoms with Crippen LogP contribution in [0.3, 0.4) is 0 Å². The SMILES string of the molecule is N#Cc1ccc(OCOCOCOc2ccc(C#N)c(C#N)c2)cc1C#N. The van der Waals surface area contributed by atoms with Gasteiger partial charge in [0.1, 0.15) is 35.8 Å². The maximum absolute atomic E-state index is 8.94. The molecule has 0 radical (unpaired) electrons. The average Bonchev–Trinajstić information content (AvgIpc) is 2.72.